The van der Waals surface area contributed by atoms with Crippen molar-refractivity contribution in [1.29, 1.82) is 0 Å². The van der Waals surface area contributed by atoms with Crippen molar-refractivity contribution in [2.45, 2.75) is 31.7 Å². The quantitative estimate of drug-likeness (QED) is 0.881. The zero-order chi connectivity index (χ0) is 13.5. The zero-order valence-electron chi connectivity index (χ0n) is 10.8. The molecule has 1 atom stereocenters. The van der Waals surface area contributed by atoms with Gasteiger partial charge in [0.2, 0.25) is 0 Å². The second-order valence-electron chi connectivity index (χ2n) is 4.71. The van der Waals surface area contributed by atoms with Crippen LogP contribution in [-0.4, -0.2) is 25.3 Å². The van der Waals surface area contributed by atoms with Crippen LogP contribution in [0, 0.1) is 5.82 Å². The normalized spacial score (nSPS) is 18.9. The van der Waals surface area contributed by atoms with Crippen molar-refractivity contribution in [3.05, 3.63) is 30.1 Å². The van der Waals surface area contributed by atoms with Crippen LogP contribution in [0.25, 0.3) is 0 Å². The molecule has 1 amide bonds. The van der Waals surface area contributed by atoms with Crippen molar-refractivity contribution in [3.63, 3.8) is 0 Å². The number of hydrogen-bond donors (Lipinski definition) is 2. The van der Waals surface area contributed by atoms with Crippen molar-refractivity contribution in [1.82, 2.24) is 5.32 Å². The molecular formula is C14H19FN2O2. The summed E-state index contributed by atoms with van der Waals surface area (Å²) in [5.74, 6) is -0.385. The number of halogens is 1. The number of rotatable bonds is 4. The molecule has 1 heterocycles. The van der Waals surface area contributed by atoms with E-state index in [0.29, 0.717) is 18.3 Å². The Morgan fingerprint density at radius 1 is 1.47 bits per heavy atom. The summed E-state index contributed by atoms with van der Waals surface area (Å²) in [6.45, 7) is 1.42. The van der Waals surface area contributed by atoms with Crippen LogP contribution in [0.2, 0.25) is 0 Å². The highest BCUT2D eigenvalue weighted by Crippen LogP contribution is 2.11. The lowest BCUT2D eigenvalue weighted by Gasteiger charge is -2.23. The summed E-state index contributed by atoms with van der Waals surface area (Å²) in [6.07, 6.45) is 3.86. The van der Waals surface area contributed by atoms with Gasteiger partial charge in [0.05, 0.1) is 6.61 Å². The predicted octanol–water partition coefficient (Wildman–Crippen LogP) is 2.91. The maximum Gasteiger partial charge on any atom is 0.411 e. The van der Waals surface area contributed by atoms with Crippen LogP contribution in [-0.2, 0) is 4.74 Å². The Morgan fingerprint density at radius 2 is 2.37 bits per heavy atom. The van der Waals surface area contributed by atoms with Gasteiger partial charge in [-0.05, 0) is 44.0 Å². The minimum absolute atomic E-state index is 0.374. The topological polar surface area (TPSA) is 50.4 Å². The third-order valence-corrected chi connectivity index (χ3v) is 3.18. The summed E-state index contributed by atoms with van der Waals surface area (Å²) >= 11 is 0. The highest BCUT2D eigenvalue weighted by molar-refractivity contribution is 5.84. The van der Waals surface area contributed by atoms with Crippen LogP contribution >= 0.6 is 0 Å². The second-order valence-corrected chi connectivity index (χ2v) is 4.71. The first kappa shape index (κ1) is 13.8. The molecule has 0 radical (unpaired) electrons. The van der Waals surface area contributed by atoms with Gasteiger partial charge in [0, 0.05) is 11.7 Å². The van der Waals surface area contributed by atoms with Gasteiger partial charge in [-0.2, -0.15) is 0 Å². The van der Waals surface area contributed by atoms with Gasteiger partial charge in [-0.1, -0.05) is 12.5 Å². The van der Waals surface area contributed by atoms with E-state index in [1.807, 2.05) is 0 Å². The van der Waals surface area contributed by atoms with Gasteiger partial charge >= 0.3 is 6.09 Å². The molecule has 4 nitrogen and oxygen atoms in total. The number of carbonyl (C=O) groups is 1. The summed E-state index contributed by atoms with van der Waals surface area (Å²) in [4.78, 5) is 11.5. The van der Waals surface area contributed by atoms with Gasteiger partial charge in [-0.3, -0.25) is 5.32 Å². The molecule has 1 aromatic rings. The molecule has 2 N–H and O–H groups in total. The molecule has 1 unspecified atom stereocenters. The van der Waals surface area contributed by atoms with Crippen LogP contribution in [0.5, 0.6) is 0 Å². The highest BCUT2D eigenvalue weighted by Gasteiger charge is 2.13. The molecule has 1 aliphatic rings. The van der Waals surface area contributed by atoms with Crippen molar-refractivity contribution in [3.8, 4) is 0 Å². The van der Waals surface area contributed by atoms with E-state index in [4.69, 9.17) is 4.74 Å². The number of carbonyl (C=O) groups excluding carboxylic acids is 1. The summed E-state index contributed by atoms with van der Waals surface area (Å²) in [7, 11) is 0. The molecule has 0 bridgehead atoms. The van der Waals surface area contributed by atoms with E-state index in [9.17, 15) is 9.18 Å². The first-order chi connectivity index (χ1) is 9.24. The Hall–Kier alpha value is -1.62. The molecular weight excluding hydrogens is 247 g/mol. The molecule has 2 rings (SSSR count). The molecule has 0 saturated carbocycles. The number of piperidine rings is 1. The van der Waals surface area contributed by atoms with E-state index < -0.39 is 6.09 Å². The number of anilines is 1. The molecule has 19 heavy (non-hydrogen) atoms. The van der Waals surface area contributed by atoms with Gasteiger partial charge in [-0.15, -0.1) is 0 Å². The third-order valence-electron chi connectivity index (χ3n) is 3.18. The Kier molecular flexibility index (Phi) is 5.15. The van der Waals surface area contributed by atoms with Crippen LogP contribution in [0.3, 0.4) is 0 Å². The standard InChI is InChI=1S/C14H19FN2O2/c15-11-4-3-6-13(10-11)17-14(18)19-9-7-12-5-1-2-8-16-12/h3-4,6,10,12,16H,1-2,5,7-9H2,(H,17,18). The van der Waals surface area contributed by atoms with E-state index >= 15 is 0 Å². The molecule has 0 aromatic heterocycles. The highest BCUT2D eigenvalue weighted by atomic mass is 19.1. The van der Waals surface area contributed by atoms with Gasteiger partial charge in [0.1, 0.15) is 5.82 Å². The summed E-state index contributed by atoms with van der Waals surface area (Å²) in [6, 6.07) is 6.18. The van der Waals surface area contributed by atoms with Gasteiger partial charge < -0.3 is 10.1 Å². The number of benzene rings is 1. The van der Waals surface area contributed by atoms with Crippen molar-refractivity contribution in [2.75, 3.05) is 18.5 Å². The maximum absolute atomic E-state index is 12.9. The Balaban J connectivity index is 1.67. The van der Waals surface area contributed by atoms with E-state index in [1.165, 1.54) is 31.0 Å². The molecule has 0 aliphatic carbocycles. The lowest BCUT2D eigenvalue weighted by molar-refractivity contribution is 0.153. The number of hydrogen-bond acceptors (Lipinski definition) is 3. The summed E-state index contributed by atoms with van der Waals surface area (Å²) in [5.41, 5.74) is 0.404. The van der Waals surface area contributed by atoms with E-state index in [1.54, 1.807) is 6.07 Å². The minimum Gasteiger partial charge on any atom is -0.449 e. The first-order valence-electron chi connectivity index (χ1n) is 6.67. The zero-order valence-corrected chi connectivity index (χ0v) is 10.8. The third kappa shape index (κ3) is 4.87. The smallest absolute Gasteiger partial charge is 0.411 e. The molecule has 0 spiro atoms. The lowest BCUT2D eigenvalue weighted by Crippen LogP contribution is -2.35. The average Bonchev–Trinajstić information content (AvgIpc) is 2.40. The monoisotopic (exact) mass is 266 g/mol. The summed E-state index contributed by atoms with van der Waals surface area (Å²) < 4.78 is 18.0. The van der Waals surface area contributed by atoms with Gasteiger partial charge in [0.15, 0.2) is 0 Å². The van der Waals surface area contributed by atoms with Gasteiger partial charge in [-0.25, -0.2) is 9.18 Å². The molecule has 104 valence electrons. The van der Waals surface area contributed by atoms with E-state index in [-0.39, 0.29) is 5.82 Å². The molecule has 5 heteroatoms. The maximum atomic E-state index is 12.9. The van der Waals surface area contributed by atoms with Crippen molar-refractivity contribution in [2.24, 2.45) is 0 Å². The predicted molar refractivity (Wildman–Crippen MR) is 71.6 cm³/mol. The number of nitrogens with one attached hydrogen (secondary N) is 2. The average molecular weight is 266 g/mol. The molecule has 1 aliphatic heterocycles. The Bertz CT molecular complexity index is 420. The van der Waals surface area contributed by atoms with E-state index in [2.05, 4.69) is 10.6 Å². The number of amides is 1. The Labute approximate surface area is 112 Å². The molecule has 1 saturated heterocycles. The fourth-order valence-electron chi connectivity index (χ4n) is 2.18. The van der Waals surface area contributed by atoms with Crippen LogP contribution < -0.4 is 10.6 Å². The van der Waals surface area contributed by atoms with Crippen molar-refractivity contribution < 1.29 is 13.9 Å². The number of ether oxygens (including phenoxy) is 1. The fourth-order valence-corrected chi connectivity index (χ4v) is 2.18. The minimum atomic E-state index is -0.540. The van der Waals surface area contributed by atoms with E-state index in [0.717, 1.165) is 19.4 Å². The second kappa shape index (κ2) is 7.09. The SMILES string of the molecule is O=C(Nc1cccc(F)c1)OCCC1CCCCN1. The Morgan fingerprint density at radius 3 is 3.11 bits per heavy atom. The molecule has 1 aromatic carbocycles. The van der Waals surface area contributed by atoms with Crippen LogP contribution in [0.15, 0.2) is 24.3 Å². The first-order valence-corrected chi connectivity index (χ1v) is 6.67. The largest absolute Gasteiger partial charge is 0.449 e. The summed E-state index contributed by atoms with van der Waals surface area (Å²) in [5, 5.41) is 5.89. The van der Waals surface area contributed by atoms with Crippen LogP contribution in [0.1, 0.15) is 25.7 Å². The fraction of sp³-hybridized carbons (Fsp3) is 0.500. The van der Waals surface area contributed by atoms with Crippen LogP contribution in [0.4, 0.5) is 14.9 Å². The van der Waals surface area contributed by atoms with Gasteiger partial charge in [0.25, 0.3) is 0 Å². The lowest BCUT2D eigenvalue weighted by atomic mass is 10.0. The molecule has 1 fully saturated rings. The van der Waals surface area contributed by atoms with Crippen molar-refractivity contribution >= 4 is 11.8 Å².